The van der Waals surface area contributed by atoms with Gasteiger partial charge in [0, 0.05) is 51.4 Å². The number of thiazole rings is 1. The largest absolute Gasteiger partial charge is 0.355 e. The van der Waals surface area contributed by atoms with Crippen LogP contribution in [-0.2, 0) is 22.7 Å². The van der Waals surface area contributed by atoms with E-state index in [0.29, 0.717) is 6.54 Å². The maximum atomic E-state index is 12.4. The highest BCUT2D eigenvalue weighted by Crippen LogP contribution is 2.33. The third kappa shape index (κ3) is 4.67. The van der Waals surface area contributed by atoms with Gasteiger partial charge >= 0.3 is 0 Å². The van der Waals surface area contributed by atoms with Gasteiger partial charge < -0.3 is 5.32 Å². The van der Waals surface area contributed by atoms with E-state index in [1.54, 1.807) is 17.6 Å². The van der Waals surface area contributed by atoms with Crippen LogP contribution in [0.15, 0.2) is 66.0 Å². The van der Waals surface area contributed by atoms with Gasteiger partial charge in [0.05, 0.1) is 10.7 Å². The normalized spacial score (nSPS) is 15.5. The summed E-state index contributed by atoms with van der Waals surface area (Å²) in [5, 5.41) is 6.84. The predicted molar refractivity (Wildman–Crippen MR) is 147 cm³/mol. The van der Waals surface area contributed by atoms with Gasteiger partial charge in [0.25, 0.3) is 0 Å². The minimum Gasteiger partial charge on any atom is -0.355 e. The minimum absolute atomic E-state index is 0.674. The van der Waals surface area contributed by atoms with Crippen molar-refractivity contribution < 1.29 is 4.21 Å². The molecule has 4 aromatic rings. The molecule has 1 aliphatic heterocycles. The Balaban J connectivity index is 1.41. The number of anilines is 2. The Morgan fingerprint density at radius 3 is 2.53 bits per heavy atom. The summed E-state index contributed by atoms with van der Waals surface area (Å²) in [4.78, 5) is 4.60. The SMILES string of the molecule is C=S(C)(=O)N1CCc2c(cccc2Nc2ccc(C)c(-c3ccc(-c4csc(C)n4)cc3)c2)C1. The zero-order chi connectivity index (χ0) is 23.9. The summed E-state index contributed by atoms with van der Waals surface area (Å²) in [5.74, 6) is 3.86. The van der Waals surface area contributed by atoms with E-state index in [0.717, 1.165) is 40.6 Å². The quantitative estimate of drug-likeness (QED) is 0.329. The average Bonchev–Trinajstić information content (AvgIpc) is 3.26. The highest BCUT2D eigenvalue weighted by Gasteiger charge is 2.22. The standard InChI is InChI=1S/C28H29N3OS2/c1-19-8-13-24(16-26(19)21-9-11-22(12-10-21)28-18-33-20(2)29-28)30-27-7-5-6-23-17-31(34(3,4)32)15-14-25(23)27/h5-13,16,18,30H,3,14-15,17H2,1-2,4H3. The van der Waals surface area contributed by atoms with E-state index >= 15 is 0 Å². The van der Waals surface area contributed by atoms with Crippen LogP contribution in [0.1, 0.15) is 21.7 Å². The summed E-state index contributed by atoms with van der Waals surface area (Å²) < 4.78 is 14.4. The van der Waals surface area contributed by atoms with E-state index < -0.39 is 9.71 Å². The molecule has 0 radical (unpaired) electrons. The van der Waals surface area contributed by atoms with Gasteiger partial charge in [-0.25, -0.2) is 9.29 Å². The molecule has 0 saturated carbocycles. The number of nitrogens with one attached hydrogen (secondary N) is 1. The smallest absolute Gasteiger partial charge is 0.0901 e. The van der Waals surface area contributed by atoms with Crippen molar-refractivity contribution in [3.63, 3.8) is 0 Å². The molecule has 0 bridgehead atoms. The van der Waals surface area contributed by atoms with Gasteiger partial charge in [-0.3, -0.25) is 4.21 Å². The molecule has 1 N–H and O–H groups in total. The lowest BCUT2D eigenvalue weighted by Gasteiger charge is -2.31. The number of rotatable bonds is 5. The molecule has 1 atom stereocenters. The van der Waals surface area contributed by atoms with Crippen molar-refractivity contribution in [2.45, 2.75) is 26.8 Å². The van der Waals surface area contributed by atoms with Crippen LogP contribution in [0.25, 0.3) is 22.4 Å². The van der Waals surface area contributed by atoms with Crippen LogP contribution in [0.4, 0.5) is 11.4 Å². The van der Waals surface area contributed by atoms with Crippen molar-refractivity contribution in [3.8, 4) is 22.4 Å². The third-order valence-corrected chi connectivity index (χ3v) is 8.58. The molecule has 0 amide bonds. The first-order valence-corrected chi connectivity index (χ1v) is 14.3. The molecular formula is C28H29N3OS2. The van der Waals surface area contributed by atoms with Gasteiger partial charge in [0.15, 0.2) is 0 Å². The Labute approximate surface area is 206 Å². The Kier molecular flexibility index (Phi) is 6.06. The number of hydrogen-bond donors (Lipinski definition) is 1. The highest BCUT2D eigenvalue weighted by molar-refractivity contribution is 7.97. The van der Waals surface area contributed by atoms with Crippen LogP contribution in [0.5, 0.6) is 0 Å². The summed E-state index contributed by atoms with van der Waals surface area (Å²) in [6.45, 7) is 5.62. The van der Waals surface area contributed by atoms with Crippen LogP contribution >= 0.6 is 11.3 Å². The number of aryl methyl sites for hydroxylation is 2. The second kappa shape index (κ2) is 9.02. The van der Waals surface area contributed by atoms with Crippen LogP contribution < -0.4 is 5.32 Å². The number of aromatic nitrogens is 1. The van der Waals surface area contributed by atoms with Crippen molar-refractivity contribution in [1.29, 1.82) is 0 Å². The molecule has 5 rings (SSSR count). The van der Waals surface area contributed by atoms with E-state index in [-0.39, 0.29) is 0 Å². The van der Waals surface area contributed by atoms with E-state index in [9.17, 15) is 4.21 Å². The lowest BCUT2D eigenvalue weighted by Crippen LogP contribution is -2.35. The molecule has 0 spiro atoms. The maximum Gasteiger partial charge on any atom is 0.0901 e. The average molecular weight is 488 g/mol. The first-order valence-electron chi connectivity index (χ1n) is 11.4. The molecule has 6 heteroatoms. The zero-order valence-electron chi connectivity index (χ0n) is 19.8. The molecule has 2 heterocycles. The fraction of sp³-hybridized carbons (Fsp3) is 0.214. The number of benzene rings is 3. The number of hydrogen-bond acceptors (Lipinski definition) is 4. The van der Waals surface area contributed by atoms with Crippen molar-refractivity contribution in [2.24, 2.45) is 0 Å². The number of nitrogens with zero attached hydrogens (tertiary/aromatic N) is 2. The van der Waals surface area contributed by atoms with Gasteiger partial charge in [-0.05, 0) is 72.2 Å². The molecule has 0 fully saturated rings. The number of fused-ring (bicyclic) bond motifs is 1. The molecule has 0 aliphatic carbocycles. The molecule has 1 aliphatic rings. The molecule has 1 aromatic heterocycles. The predicted octanol–water partition coefficient (Wildman–Crippen LogP) is 6.46. The van der Waals surface area contributed by atoms with Crippen molar-refractivity contribution in [2.75, 3.05) is 18.1 Å². The van der Waals surface area contributed by atoms with Crippen LogP contribution in [0.3, 0.4) is 0 Å². The van der Waals surface area contributed by atoms with E-state index in [1.165, 1.54) is 27.8 Å². The molecule has 4 nitrogen and oxygen atoms in total. The Morgan fingerprint density at radius 1 is 1.06 bits per heavy atom. The summed E-state index contributed by atoms with van der Waals surface area (Å²) in [6, 6.07) is 21.5. The first kappa shape index (κ1) is 22.8. The second-order valence-electron chi connectivity index (χ2n) is 9.00. The minimum atomic E-state index is -2.19. The fourth-order valence-corrected chi connectivity index (χ4v) is 6.02. The topological polar surface area (TPSA) is 45.2 Å². The van der Waals surface area contributed by atoms with Gasteiger partial charge in [0.2, 0.25) is 0 Å². The Morgan fingerprint density at radius 2 is 1.82 bits per heavy atom. The summed E-state index contributed by atoms with van der Waals surface area (Å²) >= 11 is 1.68. The molecule has 1 unspecified atom stereocenters. The molecule has 174 valence electrons. The van der Waals surface area contributed by atoms with Crippen molar-refractivity contribution in [1.82, 2.24) is 9.29 Å². The van der Waals surface area contributed by atoms with E-state index in [4.69, 9.17) is 0 Å². The molecular weight excluding hydrogens is 458 g/mol. The van der Waals surface area contributed by atoms with E-state index in [2.05, 4.69) is 89.1 Å². The molecule has 34 heavy (non-hydrogen) atoms. The fourth-order valence-electron chi connectivity index (χ4n) is 4.51. The second-order valence-corrected chi connectivity index (χ2v) is 12.5. The monoisotopic (exact) mass is 487 g/mol. The lowest BCUT2D eigenvalue weighted by molar-refractivity contribution is 0.422. The van der Waals surface area contributed by atoms with E-state index in [1.807, 2.05) is 11.2 Å². The van der Waals surface area contributed by atoms with Gasteiger partial charge in [-0.2, -0.15) is 0 Å². The highest BCUT2D eigenvalue weighted by atomic mass is 32.2. The van der Waals surface area contributed by atoms with Crippen molar-refractivity contribution >= 4 is 38.3 Å². The van der Waals surface area contributed by atoms with Gasteiger partial charge in [0.1, 0.15) is 0 Å². The first-order chi connectivity index (χ1) is 16.3. The van der Waals surface area contributed by atoms with Crippen LogP contribution in [0, 0.1) is 13.8 Å². The summed E-state index contributed by atoms with van der Waals surface area (Å²) in [5.41, 5.74) is 10.5. The van der Waals surface area contributed by atoms with Gasteiger partial charge in [-0.15, -0.1) is 11.3 Å². The molecule has 0 saturated heterocycles. The van der Waals surface area contributed by atoms with Crippen LogP contribution in [-0.4, -0.2) is 32.2 Å². The van der Waals surface area contributed by atoms with Crippen molar-refractivity contribution in [3.05, 3.63) is 87.7 Å². The summed E-state index contributed by atoms with van der Waals surface area (Å²) in [6.07, 6.45) is 2.58. The zero-order valence-corrected chi connectivity index (χ0v) is 21.4. The lowest BCUT2D eigenvalue weighted by atomic mass is 9.97. The van der Waals surface area contributed by atoms with Gasteiger partial charge in [-0.1, -0.05) is 42.5 Å². The Hall–Kier alpha value is -2.93. The third-order valence-electron chi connectivity index (χ3n) is 6.40. The maximum absolute atomic E-state index is 12.4. The summed E-state index contributed by atoms with van der Waals surface area (Å²) in [7, 11) is -2.19. The Bertz CT molecular complexity index is 1450. The van der Waals surface area contributed by atoms with Crippen LogP contribution in [0.2, 0.25) is 0 Å². The molecule has 3 aromatic carbocycles.